The predicted molar refractivity (Wildman–Crippen MR) is 193 cm³/mol. The summed E-state index contributed by atoms with van der Waals surface area (Å²) >= 11 is 6.47. The highest BCUT2D eigenvalue weighted by molar-refractivity contribution is 8.07. The van der Waals surface area contributed by atoms with Gasteiger partial charge in [0.15, 0.2) is 0 Å². The van der Waals surface area contributed by atoms with Gasteiger partial charge in [-0.3, -0.25) is 0 Å². The molecule has 0 bridgehead atoms. The second kappa shape index (κ2) is 17.1. The fourth-order valence-electron chi connectivity index (χ4n) is 5.35. The molecule has 0 saturated carbocycles. The van der Waals surface area contributed by atoms with Crippen LogP contribution in [0.5, 0.6) is 0 Å². The van der Waals surface area contributed by atoms with Crippen LogP contribution in [0.3, 0.4) is 0 Å². The Morgan fingerprint density at radius 3 is 2.15 bits per heavy atom. The molecule has 214 valence electrons. The van der Waals surface area contributed by atoms with E-state index >= 15 is 0 Å². The Balaban J connectivity index is 1.87. The fourth-order valence-corrected chi connectivity index (χ4v) is 6.10. The van der Waals surface area contributed by atoms with Crippen LogP contribution in [0.1, 0.15) is 63.6 Å². The zero-order chi connectivity index (χ0) is 29.6. The lowest BCUT2D eigenvalue weighted by molar-refractivity contribution is 0.713. The molecule has 0 nitrogen and oxygen atoms in total. The van der Waals surface area contributed by atoms with Crippen LogP contribution in [0.4, 0.5) is 0 Å². The average Bonchev–Trinajstić information content (AvgIpc) is 2.99. The number of thioether (sulfide) groups is 1. The molecular formula is C39H46S2. The van der Waals surface area contributed by atoms with Crippen LogP contribution in [0.15, 0.2) is 120 Å². The summed E-state index contributed by atoms with van der Waals surface area (Å²) in [5.74, 6) is 0.426. The maximum absolute atomic E-state index is 4.68. The number of hydrogen-bond donors (Lipinski definition) is 1. The Morgan fingerprint density at radius 2 is 1.54 bits per heavy atom. The number of hydrogen-bond acceptors (Lipinski definition) is 2. The summed E-state index contributed by atoms with van der Waals surface area (Å²) in [6, 6.07) is 16.1. The SMILES string of the molecule is C=C/C(=C/C=C\C)C(C)C/C=C/C=C(S)/C=C/C=C(\SC)c1ccc2c(CCC)c3ccccc3c(CCC)c2c1. The lowest BCUT2D eigenvalue weighted by Gasteiger charge is -2.18. The van der Waals surface area contributed by atoms with E-state index in [1.807, 2.05) is 19.1 Å². The summed E-state index contributed by atoms with van der Waals surface area (Å²) < 4.78 is 0. The largest absolute Gasteiger partial charge is 0.143 e. The highest BCUT2D eigenvalue weighted by Gasteiger charge is 2.14. The minimum Gasteiger partial charge on any atom is -0.143 e. The van der Waals surface area contributed by atoms with Crippen molar-refractivity contribution in [3.05, 3.63) is 137 Å². The minimum atomic E-state index is 0.426. The molecule has 41 heavy (non-hydrogen) atoms. The van der Waals surface area contributed by atoms with Crippen molar-refractivity contribution in [2.45, 2.75) is 59.8 Å². The van der Waals surface area contributed by atoms with Crippen LogP contribution >= 0.6 is 24.4 Å². The topological polar surface area (TPSA) is 0 Å². The second-order valence-electron chi connectivity index (χ2n) is 10.4. The summed E-state index contributed by atoms with van der Waals surface area (Å²) in [5, 5.41) is 5.65. The van der Waals surface area contributed by atoms with Gasteiger partial charge in [0, 0.05) is 9.81 Å². The number of benzene rings is 3. The molecule has 2 heteroatoms. The maximum Gasteiger partial charge on any atom is 0.0142 e. The minimum absolute atomic E-state index is 0.426. The first-order chi connectivity index (χ1) is 20.0. The van der Waals surface area contributed by atoms with Crippen LogP contribution < -0.4 is 0 Å². The van der Waals surface area contributed by atoms with Crippen molar-refractivity contribution in [1.82, 2.24) is 0 Å². The van der Waals surface area contributed by atoms with E-state index in [1.54, 1.807) is 11.8 Å². The molecular weight excluding hydrogens is 533 g/mol. The molecule has 3 aromatic carbocycles. The van der Waals surface area contributed by atoms with Gasteiger partial charge >= 0.3 is 0 Å². The second-order valence-corrected chi connectivity index (χ2v) is 11.8. The van der Waals surface area contributed by atoms with Crippen molar-refractivity contribution in [3.8, 4) is 0 Å². The van der Waals surface area contributed by atoms with Crippen LogP contribution in [0, 0.1) is 5.92 Å². The normalized spacial score (nSPS) is 14.3. The van der Waals surface area contributed by atoms with Gasteiger partial charge in [-0.15, -0.1) is 24.4 Å². The molecule has 0 N–H and O–H groups in total. The number of fused-ring (bicyclic) bond motifs is 2. The molecule has 0 aliphatic carbocycles. The molecule has 0 fully saturated rings. The fraction of sp³-hybridized carbons (Fsp3) is 0.282. The van der Waals surface area contributed by atoms with Crippen molar-refractivity contribution < 1.29 is 0 Å². The van der Waals surface area contributed by atoms with Crippen LogP contribution in [-0.4, -0.2) is 6.26 Å². The molecule has 0 heterocycles. The lowest BCUT2D eigenvalue weighted by atomic mass is 9.87. The van der Waals surface area contributed by atoms with E-state index in [0.717, 1.165) is 37.0 Å². The molecule has 0 radical (unpaired) electrons. The van der Waals surface area contributed by atoms with Gasteiger partial charge in [-0.25, -0.2) is 0 Å². The van der Waals surface area contributed by atoms with E-state index in [9.17, 15) is 0 Å². The van der Waals surface area contributed by atoms with Gasteiger partial charge in [0.1, 0.15) is 0 Å². The molecule has 0 saturated heterocycles. The molecule has 0 aromatic heterocycles. The standard InChI is InChI=1S/C39H46S2/c1-7-11-20-30(10-4)29(5)19-12-13-21-32(40)22-16-25-39(41-6)31-26-27-37-33(17-8-2)35-23-14-15-24-36(35)34(18-9-3)38(37)28-31/h7,10-16,20-29,40H,4,8-9,17-19H2,1-3,5-6H3/b11-7-,13-12+,22-16+,30-20-,32-21-,39-25-. The zero-order valence-electron chi connectivity index (χ0n) is 25.5. The molecule has 1 unspecified atom stereocenters. The summed E-state index contributed by atoms with van der Waals surface area (Å²) in [7, 11) is 0. The lowest BCUT2D eigenvalue weighted by Crippen LogP contribution is -1.97. The Bertz CT molecular complexity index is 1510. The number of rotatable bonds is 14. The van der Waals surface area contributed by atoms with Crippen LogP contribution in [0.2, 0.25) is 0 Å². The predicted octanol–water partition coefficient (Wildman–Crippen LogP) is 12.2. The van der Waals surface area contributed by atoms with Gasteiger partial charge in [-0.05, 0) is 106 Å². The van der Waals surface area contributed by atoms with Crippen molar-refractivity contribution in [2.75, 3.05) is 6.26 Å². The zero-order valence-corrected chi connectivity index (χ0v) is 27.2. The Labute approximate surface area is 258 Å². The third-order valence-electron chi connectivity index (χ3n) is 7.44. The molecule has 3 aromatic rings. The highest BCUT2D eigenvalue weighted by Crippen LogP contribution is 2.37. The summed E-state index contributed by atoms with van der Waals surface area (Å²) in [6.07, 6.45) is 28.5. The monoisotopic (exact) mass is 578 g/mol. The van der Waals surface area contributed by atoms with E-state index in [4.69, 9.17) is 0 Å². The van der Waals surface area contributed by atoms with Gasteiger partial charge < -0.3 is 0 Å². The van der Waals surface area contributed by atoms with Gasteiger partial charge in [0.2, 0.25) is 0 Å². The van der Waals surface area contributed by atoms with E-state index < -0.39 is 0 Å². The van der Waals surface area contributed by atoms with Gasteiger partial charge in [0.25, 0.3) is 0 Å². The van der Waals surface area contributed by atoms with Crippen molar-refractivity contribution in [2.24, 2.45) is 5.92 Å². The van der Waals surface area contributed by atoms with E-state index in [2.05, 4.69) is 137 Å². The van der Waals surface area contributed by atoms with Crippen molar-refractivity contribution in [1.29, 1.82) is 0 Å². The molecule has 1 atom stereocenters. The Hall–Kier alpha value is -2.94. The molecule has 3 rings (SSSR count). The van der Waals surface area contributed by atoms with Gasteiger partial charge in [0.05, 0.1) is 0 Å². The first-order valence-corrected chi connectivity index (χ1v) is 16.6. The third-order valence-corrected chi connectivity index (χ3v) is 8.55. The highest BCUT2D eigenvalue weighted by atomic mass is 32.2. The first kappa shape index (κ1) is 32.6. The van der Waals surface area contributed by atoms with E-state index in [1.165, 1.54) is 48.7 Å². The van der Waals surface area contributed by atoms with E-state index in [-0.39, 0.29) is 0 Å². The van der Waals surface area contributed by atoms with Crippen molar-refractivity contribution >= 4 is 50.8 Å². The number of thiol groups is 1. The summed E-state index contributed by atoms with van der Waals surface area (Å²) in [6.45, 7) is 12.8. The quantitative estimate of drug-likeness (QED) is 0.113. The van der Waals surface area contributed by atoms with Crippen molar-refractivity contribution in [3.63, 3.8) is 0 Å². The third kappa shape index (κ3) is 8.77. The molecule has 0 aliphatic rings. The molecule has 0 spiro atoms. The molecule has 0 amide bonds. The van der Waals surface area contributed by atoms with E-state index in [0.29, 0.717) is 5.92 Å². The maximum atomic E-state index is 4.68. The Kier molecular flexibility index (Phi) is 13.6. The van der Waals surface area contributed by atoms with Gasteiger partial charge in [-0.1, -0.05) is 119 Å². The van der Waals surface area contributed by atoms with Gasteiger partial charge in [-0.2, -0.15) is 0 Å². The first-order valence-electron chi connectivity index (χ1n) is 14.9. The number of aryl methyl sites for hydroxylation is 2. The summed E-state index contributed by atoms with van der Waals surface area (Å²) in [4.78, 5) is 2.18. The number of allylic oxidation sites excluding steroid dienone is 11. The van der Waals surface area contributed by atoms with Crippen LogP contribution in [0.25, 0.3) is 26.5 Å². The smallest absolute Gasteiger partial charge is 0.0142 e. The Morgan fingerprint density at radius 1 is 0.878 bits per heavy atom. The molecule has 0 aliphatic heterocycles. The van der Waals surface area contributed by atoms with Crippen LogP contribution in [-0.2, 0) is 12.8 Å². The average molecular weight is 579 g/mol. The summed E-state index contributed by atoms with van der Waals surface area (Å²) in [5.41, 5.74) is 5.49.